The van der Waals surface area contributed by atoms with Crippen LogP contribution in [-0.2, 0) is 9.53 Å². The highest BCUT2D eigenvalue weighted by atomic mass is 35.5. The minimum Gasteiger partial charge on any atom is -0.497 e. The molecule has 0 aliphatic carbocycles. The average Bonchev–Trinajstić information content (AvgIpc) is 2.92. The van der Waals surface area contributed by atoms with Crippen LogP contribution < -0.4 is 4.74 Å². The Kier molecular flexibility index (Phi) is 4.31. The molecule has 0 saturated heterocycles. The number of hydrogen-bond donors (Lipinski definition) is 0. The molecular weight excluding hydrogens is 340 g/mol. The maximum absolute atomic E-state index is 13.4. The van der Waals surface area contributed by atoms with Gasteiger partial charge in [0.25, 0.3) is 0 Å². The number of rotatable bonds is 3. The molecule has 3 rings (SSSR count). The molecule has 0 fully saturated rings. The van der Waals surface area contributed by atoms with E-state index in [-0.39, 0.29) is 22.2 Å². The van der Waals surface area contributed by atoms with Crippen molar-refractivity contribution >= 4 is 29.5 Å². The molecular formula is C17H10ClF2NO3. The van der Waals surface area contributed by atoms with Crippen LogP contribution in [0.5, 0.6) is 5.75 Å². The lowest BCUT2D eigenvalue weighted by Gasteiger charge is -2.03. The van der Waals surface area contributed by atoms with Gasteiger partial charge in [-0.2, -0.15) is 0 Å². The first-order chi connectivity index (χ1) is 11.5. The van der Waals surface area contributed by atoms with Crippen molar-refractivity contribution < 1.29 is 23.0 Å². The number of aliphatic imine (C=N–C) groups is 1. The maximum Gasteiger partial charge on any atom is 0.363 e. The van der Waals surface area contributed by atoms with E-state index in [1.807, 2.05) is 0 Å². The van der Waals surface area contributed by atoms with Gasteiger partial charge in [-0.15, -0.1) is 0 Å². The zero-order valence-corrected chi connectivity index (χ0v) is 13.1. The smallest absolute Gasteiger partial charge is 0.363 e. The van der Waals surface area contributed by atoms with Gasteiger partial charge in [-0.05, 0) is 35.9 Å². The van der Waals surface area contributed by atoms with E-state index < -0.39 is 17.6 Å². The summed E-state index contributed by atoms with van der Waals surface area (Å²) in [4.78, 5) is 15.9. The highest BCUT2D eigenvalue weighted by Gasteiger charge is 2.26. The molecule has 0 bridgehead atoms. The van der Waals surface area contributed by atoms with Gasteiger partial charge in [0.1, 0.15) is 5.75 Å². The van der Waals surface area contributed by atoms with Gasteiger partial charge in [0.05, 0.1) is 17.7 Å². The van der Waals surface area contributed by atoms with Crippen molar-refractivity contribution in [3.8, 4) is 5.75 Å². The van der Waals surface area contributed by atoms with Crippen LogP contribution >= 0.6 is 11.6 Å². The summed E-state index contributed by atoms with van der Waals surface area (Å²) in [6, 6.07) is 8.55. The van der Waals surface area contributed by atoms with Crippen LogP contribution in [0.3, 0.4) is 0 Å². The van der Waals surface area contributed by atoms with Crippen LogP contribution in [-0.4, -0.2) is 19.0 Å². The lowest BCUT2D eigenvalue weighted by molar-refractivity contribution is -0.129. The van der Waals surface area contributed by atoms with Crippen molar-refractivity contribution in [2.24, 2.45) is 4.99 Å². The number of benzene rings is 2. The molecule has 0 spiro atoms. The Bertz CT molecular complexity index is 876. The number of hydrogen-bond acceptors (Lipinski definition) is 4. The highest BCUT2D eigenvalue weighted by molar-refractivity contribution is 6.34. The summed E-state index contributed by atoms with van der Waals surface area (Å²) in [5, 5.41) is -0.105. The fraction of sp³-hybridized carbons (Fsp3) is 0.0588. The van der Waals surface area contributed by atoms with Crippen molar-refractivity contribution in [3.05, 3.63) is 69.9 Å². The minimum atomic E-state index is -1.11. The van der Waals surface area contributed by atoms with Gasteiger partial charge >= 0.3 is 5.97 Å². The molecule has 0 amide bonds. The quantitative estimate of drug-likeness (QED) is 0.478. The number of cyclic esters (lactones) is 1. The van der Waals surface area contributed by atoms with Crippen LogP contribution in [0.15, 0.2) is 47.1 Å². The van der Waals surface area contributed by atoms with Crippen molar-refractivity contribution in [2.75, 3.05) is 7.11 Å². The standard InChI is InChI=1S/C17H10ClF2NO3/c1-23-10-4-2-9(3-5-10)6-15-17(22)24-16(21-15)11-7-13(19)14(20)8-12(11)18/h2-8H,1H3/b15-6-. The summed E-state index contributed by atoms with van der Waals surface area (Å²) in [5.41, 5.74) is 0.724. The van der Waals surface area contributed by atoms with Gasteiger partial charge in [-0.1, -0.05) is 23.7 Å². The molecule has 1 aliphatic heterocycles. The lowest BCUT2D eigenvalue weighted by Crippen LogP contribution is -2.07. The van der Waals surface area contributed by atoms with Crippen LogP contribution in [0, 0.1) is 11.6 Å². The highest BCUT2D eigenvalue weighted by Crippen LogP contribution is 2.26. The molecule has 0 atom stereocenters. The van der Waals surface area contributed by atoms with Crippen molar-refractivity contribution in [1.29, 1.82) is 0 Å². The Balaban J connectivity index is 1.95. The fourth-order valence-corrected chi connectivity index (χ4v) is 2.30. The number of ether oxygens (including phenoxy) is 2. The second kappa shape index (κ2) is 6.41. The molecule has 0 radical (unpaired) electrons. The van der Waals surface area contributed by atoms with Gasteiger partial charge in [0.15, 0.2) is 17.3 Å². The summed E-state index contributed by atoms with van der Waals surface area (Å²) in [6.07, 6.45) is 1.50. The van der Waals surface area contributed by atoms with Crippen LogP contribution in [0.25, 0.3) is 6.08 Å². The van der Waals surface area contributed by atoms with E-state index in [2.05, 4.69) is 4.99 Å². The van der Waals surface area contributed by atoms with E-state index in [9.17, 15) is 13.6 Å². The zero-order valence-electron chi connectivity index (χ0n) is 12.3. The number of halogens is 3. The second-order valence-electron chi connectivity index (χ2n) is 4.86. The molecule has 0 aromatic heterocycles. The predicted octanol–water partition coefficient (Wildman–Crippen LogP) is 3.97. The Morgan fingerprint density at radius 2 is 1.83 bits per heavy atom. The molecule has 2 aromatic carbocycles. The number of nitrogens with zero attached hydrogens (tertiary/aromatic N) is 1. The topological polar surface area (TPSA) is 47.9 Å². The third-order valence-electron chi connectivity index (χ3n) is 3.28. The third-order valence-corrected chi connectivity index (χ3v) is 3.59. The van der Waals surface area contributed by atoms with Crippen LogP contribution in [0.1, 0.15) is 11.1 Å². The number of esters is 1. The van der Waals surface area contributed by atoms with E-state index in [1.54, 1.807) is 31.4 Å². The largest absolute Gasteiger partial charge is 0.497 e. The zero-order chi connectivity index (χ0) is 17.3. The van der Waals surface area contributed by atoms with Crippen molar-refractivity contribution in [2.45, 2.75) is 0 Å². The summed E-state index contributed by atoms with van der Waals surface area (Å²) < 4.78 is 36.5. The number of methoxy groups -OCH3 is 1. The van der Waals surface area contributed by atoms with E-state index in [0.29, 0.717) is 11.3 Å². The van der Waals surface area contributed by atoms with E-state index in [0.717, 1.165) is 12.1 Å². The molecule has 1 aliphatic rings. The number of carbonyl (C=O) groups excluding carboxylic acids is 1. The summed E-state index contributed by atoms with van der Waals surface area (Å²) in [5.74, 6) is -2.42. The monoisotopic (exact) mass is 349 g/mol. The SMILES string of the molecule is COc1ccc(/C=C2\N=C(c3cc(F)c(F)cc3Cl)OC2=O)cc1. The first-order valence-electron chi connectivity index (χ1n) is 6.79. The first kappa shape index (κ1) is 16.1. The molecule has 0 unspecified atom stereocenters. The molecule has 4 nitrogen and oxygen atoms in total. The minimum absolute atomic E-state index is 0.00190. The summed E-state index contributed by atoms with van der Waals surface area (Å²) >= 11 is 5.86. The average molecular weight is 350 g/mol. The molecule has 0 saturated carbocycles. The van der Waals surface area contributed by atoms with Crippen molar-refractivity contribution in [1.82, 2.24) is 0 Å². The van der Waals surface area contributed by atoms with Crippen molar-refractivity contribution in [3.63, 3.8) is 0 Å². The van der Waals surface area contributed by atoms with Gasteiger partial charge in [-0.25, -0.2) is 18.6 Å². The molecule has 1 heterocycles. The third kappa shape index (κ3) is 3.14. The maximum atomic E-state index is 13.4. The molecule has 2 aromatic rings. The van der Waals surface area contributed by atoms with E-state index in [1.165, 1.54) is 6.08 Å². The summed E-state index contributed by atoms with van der Waals surface area (Å²) in [6.45, 7) is 0. The fourth-order valence-electron chi connectivity index (χ4n) is 2.07. The van der Waals surface area contributed by atoms with Gasteiger partial charge in [0.2, 0.25) is 5.90 Å². The van der Waals surface area contributed by atoms with Gasteiger partial charge in [0, 0.05) is 0 Å². The van der Waals surface area contributed by atoms with Crippen LogP contribution in [0.4, 0.5) is 8.78 Å². The first-order valence-corrected chi connectivity index (χ1v) is 7.17. The molecule has 0 N–H and O–H groups in total. The Morgan fingerprint density at radius 3 is 2.50 bits per heavy atom. The van der Waals surface area contributed by atoms with E-state index >= 15 is 0 Å². The summed E-state index contributed by atoms with van der Waals surface area (Å²) in [7, 11) is 1.55. The van der Waals surface area contributed by atoms with Gasteiger partial charge < -0.3 is 9.47 Å². The molecule has 7 heteroatoms. The molecule has 122 valence electrons. The Labute approximate surface area is 141 Å². The van der Waals surface area contributed by atoms with Gasteiger partial charge in [-0.3, -0.25) is 0 Å². The van der Waals surface area contributed by atoms with Crippen LogP contribution in [0.2, 0.25) is 5.02 Å². The van der Waals surface area contributed by atoms with E-state index in [4.69, 9.17) is 21.1 Å². The Hall–Kier alpha value is -2.73. The predicted molar refractivity (Wildman–Crippen MR) is 85.0 cm³/mol. The number of carbonyl (C=O) groups is 1. The second-order valence-corrected chi connectivity index (χ2v) is 5.26. The normalized spacial score (nSPS) is 15.4. The lowest BCUT2D eigenvalue weighted by atomic mass is 10.2. The Morgan fingerprint density at radius 1 is 1.17 bits per heavy atom. The molecule has 24 heavy (non-hydrogen) atoms.